The number of hydrogen-bond donors (Lipinski definition) is 1. The number of halogens is 1. The number of nitrogens with zero attached hydrogens (tertiary/aromatic N) is 1. The first-order valence-electron chi connectivity index (χ1n) is 8.75. The number of amides is 2. The Morgan fingerprint density at radius 3 is 2.52 bits per heavy atom. The third-order valence-electron chi connectivity index (χ3n) is 5.08. The van der Waals surface area contributed by atoms with Crippen LogP contribution in [0.1, 0.15) is 16.1 Å². The van der Waals surface area contributed by atoms with Crippen LogP contribution in [0.15, 0.2) is 59.0 Å². The van der Waals surface area contributed by atoms with Crippen LogP contribution in [0.25, 0.3) is 11.0 Å². The second-order valence-corrected chi connectivity index (χ2v) is 7.41. The Morgan fingerprint density at radius 2 is 1.85 bits per heavy atom. The summed E-state index contributed by atoms with van der Waals surface area (Å²) in [6, 6.07) is 16.7. The van der Waals surface area contributed by atoms with E-state index in [1.807, 2.05) is 48.5 Å². The number of furan rings is 1. The number of nitrogens with one attached hydrogen (secondary N) is 1. The molecule has 0 saturated carbocycles. The molecule has 6 heteroatoms. The molecule has 2 aromatic carbocycles. The number of likely N-dealkylation sites (tertiary alicyclic amines) is 1. The van der Waals surface area contributed by atoms with E-state index in [-0.39, 0.29) is 11.8 Å². The molecule has 5 nitrogen and oxygen atoms in total. The topological polar surface area (TPSA) is 62.6 Å². The molecule has 0 unspecified atom stereocenters. The van der Waals surface area contributed by atoms with Crippen LogP contribution in [0.3, 0.4) is 0 Å². The summed E-state index contributed by atoms with van der Waals surface area (Å²) in [6.45, 7) is 0.705. The Bertz CT molecular complexity index is 971. The van der Waals surface area contributed by atoms with Crippen molar-refractivity contribution in [3.8, 4) is 0 Å². The molecule has 1 aliphatic heterocycles. The van der Waals surface area contributed by atoms with E-state index in [9.17, 15) is 9.59 Å². The molecule has 2 amide bonds. The number of para-hydroxylation sites is 1. The molecule has 1 fully saturated rings. The summed E-state index contributed by atoms with van der Waals surface area (Å²) >= 11 is 5.94. The lowest BCUT2D eigenvalue weighted by atomic mass is 9.73. The number of hydrogen-bond acceptors (Lipinski definition) is 3. The zero-order valence-corrected chi connectivity index (χ0v) is 15.6. The van der Waals surface area contributed by atoms with E-state index in [4.69, 9.17) is 16.0 Å². The average molecular weight is 383 g/mol. The Labute approximate surface area is 161 Å². The van der Waals surface area contributed by atoms with Gasteiger partial charge in [0.1, 0.15) is 5.58 Å². The zero-order chi connectivity index (χ0) is 19.0. The number of carbonyl (C=O) groups is 2. The van der Waals surface area contributed by atoms with Gasteiger partial charge in [-0.15, -0.1) is 0 Å². The number of fused-ring (bicyclic) bond motifs is 1. The van der Waals surface area contributed by atoms with E-state index in [2.05, 4.69) is 5.32 Å². The van der Waals surface area contributed by atoms with Crippen LogP contribution in [0.2, 0.25) is 5.02 Å². The summed E-state index contributed by atoms with van der Waals surface area (Å²) in [6.07, 6.45) is 0.549. The Hall–Kier alpha value is -2.79. The first kappa shape index (κ1) is 17.6. The molecule has 2 heterocycles. The molecule has 0 spiro atoms. The van der Waals surface area contributed by atoms with Gasteiger partial charge in [-0.2, -0.15) is 0 Å². The summed E-state index contributed by atoms with van der Waals surface area (Å²) in [5.41, 5.74) is 1.06. The van der Waals surface area contributed by atoms with E-state index in [1.54, 1.807) is 18.0 Å². The standard InChI is InChI=1S/C21H19ClN2O3/c1-23-20(26)21(11-14-6-8-16(22)9-7-14)12-24(13-21)19(25)18-10-15-4-2-3-5-17(15)27-18/h2-10H,11-13H2,1H3,(H,23,26). The highest BCUT2D eigenvalue weighted by Gasteiger charge is 2.51. The minimum absolute atomic E-state index is 0.0638. The highest BCUT2D eigenvalue weighted by atomic mass is 35.5. The fourth-order valence-corrected chi connectivity index (χ4v) is 3.79. The van der Waals surface area contributed by atoms with E-state index in [0.717, 1.165) is 10.9 Å². The van der Waals surface area contributed by atoms with Gasteiger partial charge in [-0.05, 0) is 36.2 Å². The predicted molar refractivity (Wildman–Crippen MR) is 104 cm³/mol. The van der Waals surface area contributed by atoms with Crippen LogP contribution in [0.4, 0.5) is 0 Å². The van der Waals surface area contributed by atoms with Crippen LogP contribution in [-0.2, 0) is 11.2 Å². The Kier molecular flexibility index (Phi) is 4.40. The van der Waals surface area contributed by atoms with E-state index >= 15 is 0 Å². The van der Waals surface area contributed by atoms with Gasteiger partial charge < -0.3 is 14.6 Å². The van der Waals surface area contributed by atoms with E-state index in [1.165, 1.54) is 0 Å². The number of benzene rings is 2. The van der Waals surface area contributed by atoms with Crippen molar-refractivity contribution >= 4 is 34.4 Å². The van der Waals surface area contributed by atoms with Crippen molar-refractivity contribution in [1.82, 2.24) is 10.2 Å². The molecule has 1 saturated heterocycles. The molecule has 0 bridgehead atoms. The summed E-state index contributed by atoms with van der Waals surface area (Å²) in [4.78, 5) is 27.0. The van der Waals surface area contributed by atoms with Crippen molar-refractivity contribution in [3.63, 3.8) is 0 Å². The first-order valence-corrected chi connectivity index (χ1v) is 9.13. The molecule has 3 aromatic rings. The number of rotatable bonds is 4. The molecule has 0 aliphatic carbocycles. The Balaban J connectivity index is 1.52. The Morgan fingerprint density at radius 1 is 1.15 bits per heavy atom. The lowest BCUT2D eigenvalue weighted by Gasteiger charge is -2.48. The van der Waals surface area contributed by atoms with Crippen LogP contribution >= 0.6 is 11.6 Å². The zero-order valence-electron chi connectivity index (χ0n) is 14.9. The fourth-order valence-electron chi connectivity index (χ4n) is 3.66. The third kappa shape index (κ3) is 3.19. The summed E-state index contributed by atoms with van der Waals surface area (Å²) in [5.74, 6) is 0.0427. The quantitative estimate of drug-likeness (QED) is 0.751. The van der Waals surface area contributed by atoms with Crippen molar-refractivity contribution < 1.29 is 14.0 Å². The normalized spacial score (nSPS) is 15.4. The van der Waals surface area contributed by atoms with Gasteiger partial charge in [-0.3, -0.25) is 9.59 Å². The van der Waals surface area contributed by atoms with Gasteiger partial charge in [0.25, 0.3) is 5.91 Å². The predicted octanol–water partition coefficient (Wildman–Crippen LogP) is 3.52. The van der Waals surface area contributed by atoms with Crippen LogP contribution in [-0.4, -0.2) is 36.9 Å². The molecule has 4 rings (SSSR count). The first-order chi connectivity index (χ1) is 13.0. The molecule has 138 valence electrons. The largest absolute Gasteiger partial charge is 0.451 e. The fraction of sp³-hybridized carbons (Fsp3) is 0.238. The molecule has 1 N–H and O–H groups in total. The van der Waals surface area contributed by atoms with Crippen LogP contribution in [0, 0.1) is 5.41 Å². The van der Waals surface area contributed by atoms with Crippen LogP contribution in [0.5, 0.6) is 0 Å². The van der Waals surface area contributed by atoms with Crippen LogP contribution < -0.4 is 5.32 Å². The van der Waals surface area contributed by atoms with Crippen molar-refractivity contribution in [2.45, 2.75) is 6.42 Å². The maximum Gasteiger partial charge on any atom is 0.289 e. The summed E-state index contributed by atoms with van der Waals surface area (Å²) in [5, 5.41) is 4.28. The average Bonchev–Trinajstić information content (AvgIpc) is 3.09. The maximum atomic E-state index is 12.8. The van der Waals surface area contributed by atoms with Crippen molar-refractivity contribution in [2.24, 2.45) is 5.41 Å². The highest BCUT2D eigenvalue weighted by molar-refractivity contribution is 6.30. The maximum absolute atomic E-state index is 12.8. The lowest BCUT2D eigenvalue weighted by molar-refractivity contribution is -0.138. The monoisotopic (exact) mass is 382 g/mol. The number of carbonyl (C=O) groups excluding carboxylic acids is 2. The van der Waals surface area contributed by atoms with Gasteiger partial charge in [0.05, 0.1) is 5.41 Å². The lowest BCUT2D eigenvalue weighted by Crippen LogP contribution is -2.65. The van der Waals surface area contributed by atoms with Gasteiger partial charge in [0, 0.05) is 30.5 Å². The van der Waals surface area contributed by atoms with Gasteiger partial charge in [0.2, 0.25) is 5.91 Å². The molecule has 1 aromatic heterocycles. The van der Waals surface area contributed by atoms with E-state index < -0.39 is 5.41 Å². The molecule has 27 heavy (non-hydrogen) atoms. The van der Waals surface area contributed by atoms with Gasteiger partial charge in [0.15, 0.2) is 5.76 Å². The minimum Gasteiger partial charge on any atom is -0.451 e. The van der Waals surface area contributed by atoms with Gasteiger partial charge >= 0.3 is 0 Å². The van der Waals surface area contributed by atoms with Crippen molar-refractivity contribution in [2.75, 3.05) is 20.1 Å². The molecule has 1 aliphatic rings. The third-order valence-corrected chi connectivity index (χ3v) is 5.33. The molecular formula is C21H19ClN2O3. The van der Waals surface area contributed by atoms with Crippen molar-refractivity contribution in [3.05, 3.63) is 70.9 Å². The summed E-state index contributed by atoms with van der Waals surface area (Å²) < 4.78 is 5.67. The summed E-state index contributed by atoms with van der Waals surface area (Å²) in [7, 11) is 1.62. The highest BCUT2D eigenvalue weighted by Crippen LogP contribution is 2.36. The molecule has 0 atom stereocenters. The minimum atomic E-state index is -0.635. The van der Waals surface area contributed by atoms with Gasteiger partial charge in [-0.1, -0.05) is 41.9 Å². The van der Waals surface area contributed by atoms with Crippen molar-refractivity contribution in [1.29, 1.82) is 0 Å². The molecule has 0 radical (unpaired) electrons. The smallest absolute Gasteiger partial charge is 0.289 e. The van der Waals surface area contributed by atoms with E-state index in [0.29, 0.717) is 35.9 Å². The van der Waals surface area contributed by atoms with Gasteiger partial charge in [-0.25, -0.2) is 0 Å². The molecular weight excluding hydrogens is 364 g/mol. The SMILES string of the molecule is CNC(=O)C1(Cc2ccc(Cl)cc2)CN(C(=O)c2cc3ccccc3o2)C1. The second-order valence-electron chi connectivity index (χ2n) is 6.97. The second kappa shape index (κ2) is 6.74.